The number of ether oxygens (including phenoxy) is 2. The largest absolute Gasteiger partial charge is 0.382 e. The van der Waals surface area contributed by atoms with Crippen LogP contribution in [0, 0.1) is 5.92 Å². The van der Waals surface area contributed by atoms with Gasteiger partial charge in [-0.3, -0.25) is 4.99 Å². The molecule has 5 heteroatoms. The van der Waals surface area contributed by atoms with Gasteiger partial charge in [-0.05, 0) is 25.2 Å². The first-order valence-corrected chi connectivity index (χ1v) is 8.88. The van der Waals surface area contributed by atoms with Gasteiger partial charge in [0, 0.05) is 33.9 Å². The molecule has 130 valence electrons. The number of guanidine groups is 1. The van der Waals surface area contributed by atoms with Crippen molar-refractivity contribution in [2.75, 3.05) is 47.1 Å². The van der Waals surface area contributed by atoms with Gasteiger partial charge in [0.2, 0.25) is 0 Å². The minimum Gasteiger partial charge on any atom is -0.382 e. The smallest absolute Gasteiger partial charge is 0.190 e. The SMILES string of the molecule is CN=C(NCCCOCCOC)NCC1CCCCCCC1. The molecule has 0 aromatic heterocycles. The molecular formula is C17H35N3O2. The first-order valence-electron chi connectivity index (χ1n) is 8.88. The van der Waals surface area contributed by atoms with E-state index in [9.17, 15) is 0 Å². The van der Waals surface area contributed by atoms with Crippen molar-refractivity contribution in [2.24, 2.45) is 10.9 Å². The van der Waals surface area contributed by atoms with E-state index in [-0.39, 0.29) is 0 Å². The summed E-state index contributed by atoms with van der Waals surface area (Å²) in [4.78, 5) is 4.30. The average molecular weight is 313 g/mol. The van der Waals surface area contributed by atoms with Crippen LogP contribution in [0.25, 0.3) is 0 Å². The standard InChI is InChI=1S/C17H35N3O2/c1-18-17(19-11-8-12-22-14-13-21-2)20-15-16-9-6-4-3-5-7-10-16/h16H,3-15H2,1-2H3,(H2,18,19,20). The fourth-order valence-corrected chi connectivity index (χ4v) is 2.83. The Bertz CT molecular complexity index is 277. The Morgan fingerprint density at radius 2 is 1.73 bits per heavy atom. The summed E-state index contributed by atoms with van der Waals surface area (Å²) in [5.41, 5.74) is 0. The van der Waals surface area contributed by atoms with Gasteiger partial charge in [-0.15, -0.1) is 0 Å². The van der Waals surface area contributed by atoms with E-state index in [1.54, 1.807) is 7.11 Å². The molecule has 1 fully saturated rings. The summed E-state index contributed by atoms with van der Waals surface area (Å²) in [6.07, 6.45) is 10.7. The van der Waals surface area contributed by atoms with Crippen LogP contribution in [0.15, 0.2) is 4.99 Å². The predicted octanol–water partition coefficient (Wildman–Crippen LogP) is 2.56. The van der Waals surface area contributed by atoms with Crippen molar-refractivity contribution in [3.05, 3.63) is 0 Å². The van der Waals surface area contributed by atoms with Crippen LogP contribution in [0.1, 0.15) is 51.4 Å². The van der Waals surface area contributed by atoms with Crippen molar-refractivity contribution in [2.45, 2.75) is 51.4 Å². The van der Waals surface area contributed by atoms with E-state index >= 15 is 0 Å². The number of hydrogen-bond donors (Lipinski definition) is 2. The molecule has 0 heterocycles. The zero-order chi connectivity index (χ0) is 15.9. The van der Waals surface area contributed by atoms with E-state index in [1.807, 2.05) is 7.05 Å². The van der Waals surface area contributed by atoms with Gasteiger partial charge in [0.25, 0.3) is 0 Å². The Morgan fingerprint density at radius 1 is 1.00 bits per heavy atom. The van der Waals surface area contributed by atoms with Crippen molar-refractivity contribution in [3.63, 3.8) is 0 Å². The monoisotopic (exact) mass is 313 g/mol. The molecule has 0 aromatic rings. The highest BCUT2D eigenvalue weighted by atomic mass is 16.5. The average Bonchev–Trinajstić information content (AvgIpc) is 2.50. The van der Waals surface area contributed by atoms with Crippen LogP contribution in [0.2, 0.25) is 0 Å². The third-order valence-electron chi connectivity index (χ3n) is 4.20. The molecule has 0 saturated heterocycles. The van der Waals surface area contributed by atoms with Gasteiger partial charge in [0.15, 0.2) is 5.96 Å². The Morgan fingerprint density at radius 3 is 2.41 bits per heavy atom. The lowest BCUT2D eigenvalue weighted by atomic mass is 9.91. The number of nitrogens with one attached hydrogen (secondary N) is 2. The van der Waals surface area contributed by atoms with E-state index in [0.717, 1.165) is 38.0 Å². The maximum atomic E-state index is 5.45. The Kier molecular flexibility index (Phi) is 12.1. The first kappa shape index (κ1) is 19.2. The van der Waals surface area contributed by atoms with Gasteiger partial charge >= 0.3 is 0 Å². The zero-order valence-corrected chi connectivity index (χ0v) is 14.5. The normalized spacial score (nSPS) is 17.8. The second-order valence-corrected chi connectivity index (χ2v) is 6.05. The first-order chi connectivity index (χ1) is 10.9. The molecule has 1 aliphatic rings. The summed E-state index contributed by atoms with van der Waals surface area (Å²) in [6.45, 7) is 4.03. The lowest BCUT2D eigenvalue weighted by Crippen LogP contribution is -2.40. The minimum atomic E-state index is 0.665. The van der Waals surface area contributed by atoms with E-state index < -0.39 is 0 Å². The zero-order valence-electron chi connectivity index (χ0n) is 14.5. The molecule has 0 spiro atoms. The van der Waals surface area contributed by atoms with Gasteiger partial charge in [-0.25, -0.2) is 0 Å². The molecule has 0 unspecified atom stereocenters. The van der Waals surface area contributed by atoms with Gasteiger partial charge in [-0.1, -0.05) is 32.1 Å². The number of hydrogen-bond acceptors (Lipinski definition) is 3. The minimum absolute atomic E-state index is 0.665. The van der Waals surface area contributed by atoms with Gasteiger partial charge < -0.3 is 20.1 Å². The van der Waals surface area contributed by atoms with Crippen molar-refractivity contribution in [3.8, 4) is 0 Å². The molecule has 0 bridgehead atoms. The molecule has 0 aromatic carbocycles. The number of nitrogens with zero attached hydrogens (tertiary/aromatic N) is 1. The molecule has 1 rings (SSSR count). The molecule has 0 amide bonds. The summed E-state index contributed by atoms with van der Waals surface area (Å²) >= 11 is 0. The van der Waals surface area contributed by atoms with Crippen molar-refractivity contribution < 1.29 is 9.47 Å². The Labute approximate surface area is 136 Å². The van der Waals surface area contributed by atoms with E-state index in [1.165, 1.54) is 44.9 Å². The molecule has 2 N–H and O–H groups in total. The second kappa shape index (κ2) is 13.8. The summed E-state index contributed by atoms with van der Waals surface area (Å²) in [5.74, 6) is 1.72. The molecule has 5 nitrogen and oxygen atoms in total. The molecule has 0 radical (unpaired) electrons. The summed E-state index contributed by atoms with van der Waals surface area (Å²) in [6, 6.07) is 0. The third kappa shape index (κ3) is 10.0. The van der Waals surface area contributed by atoms with Crippen LogP contribution in [-0.4, -0.2) is 53.0 Å². The second-order valence-electron chi connectivity index (χ2n) is 6.05. The fourth-order valence-electron chi connectivity index (χ4n) is 2.83. The van der Waals surface area contributed by atoms with E-state index in [4.69, 9.17) is 9.47 Å². The maximum absolute atomic E-state index is 5.45. The lowest BCUT2D eigenvalue weighted by molar-refractivity contribution is 0.0698. The van der Waals surface area contributed by atoms with Gasteiger partial charge in [0.05, 0.1) is 13.2 Å². The quantitative estimate of drug-likeness (QED) is 0.390. The Balaban J connectivity index is 2.06. The van der Waals surface area contributed by atoms with Gasteiger partial charge in [-0.2, -0.15) is 0 Å². The van der Waals surface area contributed by atoms with Crippen molar-refractivity contribution in [1.29, 1.82) is 0 Å². The number of rotatable bonds is 9. The van der Waals surface area contributed by atoms with E-state index in [0.29, 0.717) is 13.2 Å². The molecule has 0 atom stereocenters. The highest BCUT2D eigenvalue weighted by Gasteiger charge is 2.11. The molecule has 22 heavy (non-hydrogen) atoms. The van der Waals surface area contributed by atoms with Crippen LogP contribution < -0.4 is 10.6 Å². The van der Waals surface area contributed by atoms with Crippen LogP contribution in [0.5, 0.6) is 0 Å². The molecule has 1 aliphatic carbocycles. The van der Waals surface area contributed by atoms with Crippen LogP contribution in [-0.2, 0) is 9.47 Å². The molecular weight excluding hydrogens is 278 g/mol. The van der Waals surface area contributed by atoms with Crippen molar-refractivity contribution in [1.82, 2.24) is 10.6 Å². The number of methoxy groups -OCH3 is 1. The topological polar surface area (TPSA) is 54.9 Å². The van der Waals surface area contributed by atoms with Crippen LogP contribution in [0.3, 0.4) is 0 Å². The van der Waals surface area contributed by atoms with Crippen LogP contribution in [0.4, 0.5) is 0 Å². The summed E-state index contributed by atoms with van der Waals surface area (Å²) in [7, 11) is 3.53. The highest BCUT2D eigenvalue weighted by Crippen LogP contribution is 2.21. The summed E-state index contributed by atoms with van der Waals surface area (Å²) in [5, 5.41) is 6.83. The van der Waals surface area contributed by atoms with E-state index in [2.05, 4.69) is 15.6 Å². The molecule has 1 saturated carbocycles. The Hall–Kier alpha value is -0.810. The fraction of sp³-hybridized carbons (Fsp3) is 0.941. The predicted molar refractivity (Wildman–Crippen MR) is 92.5 cm³/mol. The van der Waals surface area contributed by atoms with Gasteiger partial charge in [0.1, 0.15) is 0 Å². The highest BCUT2D eigenvalue weighted by molar-refractivity contribution is 5.79. The van der Waals surface area contributed by atoms with Crippen molar-refractivity contribution >= 4 is 5.96 Å². The molecule has 0 aliphatic heterocycles. The number of aliphatic imine (C=N–C) groups is 1. The maximum Gasteiger partial charge on any atom is 0.190 e. The third-order valence-corrected chi connectivity index (χ3v) is 4.20. The summed E-state index contributed by atoms with van der Waals surface area (Å²) < 4.78 is 10.4. The van der Waals surface area contributed by atoms with Crippen LogP contribution >= 0.6 is 0 Å². The lowest BCUT2D eigenvalue weighted by Gasteiger charge is -2.21.